The minimum atomic E-state index is -1.13. The Labute approximate surface area is 81.4 Å². The molecule has 1 heterocycles. The predicted molar refractivity (Wildman–Crippen MR) is 47.9 cm³/mol. The van der Waals surface area contributed by atoms with Gasteiger partial charge in [-0.25, -0.2) is 0 Å². The summed E-state index contributed by atoms with van der Waals surface area (Å²) >= 11 is 0. The summed E-state index contributed by atoms with van der Waals surface area (Å²) in [5, 5.41) is 36.5. The third-order valence-corrected chi connectivity index (χ3v) is 2.06. The number of nitrogens with zero attached hydrogens (tertiary/aromatic N) is 1. The van der Waals surface area contributed by atoms with Gasteiger partial charge in [0, 0.05) is 0 Å². The fourth-order valence-electron chi connectivity index (χ4n) is 1.41. The van der Waals surface area contributed by atoms with Crippen LogP contribution in [0.1, 0.15) is 6.92 Å². The number of hydrogen-bond donors (Lipinski definition) is 5. The zero-order valence-corrected chi connectivity index (χ0v) is 8.01. The van der Waals surface area contributed by atoms with Crippen LogP contribution in [0.4, 0.5) is 0 Å². The van der Waals surface area contributed by atoms with Crippen molar-refractivity contribution in [3.8, 4) is 0 Å². The largest absolute Gasteiger partial charge is 0.399 e. The molecule has 0 spiro atoms. The van der Waals surface area contributed by atoms with Crippen LogP contribution < -0.4 is 10.6 Å². The summed E-state index contributed by atoms with van der Waals surface area (Å²) in [6, 6.07) is 0. The maximum Gasteiger partial charge on any atom is 0.164 e. The fourth-order valence-corrected chi connectivity index (χ4v) is 1.41. The zero-order valence-electron chi connectivity index (χ0n) is 8.01. The molecule has 0 aromatic carbocycles. The van der Waals surface area contributed by atoms with Crippen molar-refractivity contribution in [1.29, 1.82) is 0 Å². The van der Waals surface area contributed by atoms with Gasteiger partial charge in [0.2, 0.25) is 0 Å². The SMILES string of the molecule is CON=C(C)C1C(O)NC(O)NC1O. The van der Waals surface area contributed by atoms with Gasteiger partial charge >= 0.3 is 0 Å². The van der Waals surface area contributed by atoms with Crippen molar-refractivity contribution < 1.29 is 20.2 Å². The van der Waals surface area contributed by atoms with E-state index < -0.39 is 24.7 Å². The molecule has 1 aliphatic rings. The summed E-state index contributed by atoms with van der Waals surface area (Å²) in [5.74, 6) is -0.654. The molecule has 5 N–H and O–H groups in total. The molecule has 0 aromatic heterocycles. The Balaban J connectivity index is 2.71. The van der Waals surface area contributed by atoms with Gasteiger partial charge in [-0.3, -0.25) is 10.6 Å². The van der Waals surface area contributed by atoms with Crippen LogP contribution in [0, 0.1) is 5.92 Å². The summed E-state index contributed by atoms with van der Waals surface area (Å²) < 4.78 is 0. The van der Waals surface area contributed by atoms with Crippen LogP contribution in [-0.2, 0) is 4.84 Å². The lowest BCUT2D eigenvalue weighted by molar-refractivity contribution is -0.0994. The molecule has 2 unspecified atom stereocenters. The summed E-state index contributed by atoms with van der Waals surface area (Å²) in [5.41, 5.74) is 0.430. The Morgan fingerprint density at radius 3 is 2.14 bits per heavy atom. The van der Waals surface area contributed by atoms with Gasteiger partial charge in [0.1, 0.15) is 19.6 Å². The number of oxime groups is 1. The van der Waals surface area contributed by atoms with E-state index in [4.69, 9.17) is 5.11 Å². The van der Waals surface area contributed by atoms with Gasteiger partial charge in [-0.05, 0) is 6.92 Å². The number of rotatable bonds is 2. The van der Waals surface area contributed by atoms with Crippen LogP contribution in [0.2, 0.25) is 0 Å². The van der Waals surface area contributed by atoms with Crippen LogP contribution in [0.25, 0.3) is 0 Å². The molecule has 7 nitrogen and oxygen atoms in total. The lowest BCUT2D eigenvalue weighted by Crippen LogP contribution is -2.64. The van der Waals surface area contributed by atoms with Gasteiger partial charge in [-0.15, -0.1) is 0 Å². The number of aliphatic hydroxyl groups excluding tert-OH is 3. The maximum absolute atomic E-state index is 9.50. The average Bonchev–Trinajstić information content (AvgIpc) is 2.01. The van der Waals surface area contributed by atoms with Gasteiger partial charge in [0.05, 0.1) is 11.6 Å². The van der Waals surface area contributed by atoms with E-state index in [9.17, 15) is 10.2 Å². The second-order valence-corrected chi connectivity index (χ2v) is 3.07. The van der Waals surface area contributed by atoms with Crippen LogP contribution in [0.5, 0.6) is 0 Å². The van der Waals surface area contributed by atoms with E-state index in [2.05, 4.69) is 20.6 Å². The maximum atomic E-state index is 9.50. The van der Waals surface area contributed by atoms with Gasteiger partial charge in [0.15, 0.2) is 6.35 Å². The van der Waals surface area contributed by atoms with E-state index in [1.54, 1.807) is 6.92 Å². The van der Waals surface area contributed by atoms with Crippen LogP contribution in [-0.4, -0.2) is 46.9 Å². The lowest BCUT2D eigenvalue weighted by atomic mass is 9.99. The molecule has 1 fully saturated rings. The summed E-state index contributed by atoms with van der Waals surface area (Å²) in [6.07, 6.45) is -3.27. The molecule has 0 radical (unpaired) electrons. The highest BCUT2D eigenvalue weighted by molar-refractivity contribution is 5.84. The zero-order chi connectivity index (χ0) is 10.7. The highest BCUT2D eigenvalue weighted by atomic mass is 16.6. The van der Waals surface area contributed by atoms with Gasteiger partial charge in [-0.2, -0.15) is 0 Å². The van der Waals surface area contributed by atoms with E-state index in [0.29, 0.717) is 5.71 Å². The van der Waals surface area contributed by atoms with Crippen LogP contribution in [0.3, 0.4) is 0 Å². The first-order valence-electron chi connectivity index (χ1n) is 4.20. The molecule has 14 heavy (non-hydrogen) atoms. The van der Waals surface area contributed by atoms with Crippen LogP contribution >= 0.6 is 0 Å². The summed E-state index contributed by atoms with van der Waals surface area (Å²) in [4.78, 5) is 4.53. The van der Waals surface area contributed by atoms with Crippen molar-refractivity contribution in [3.63, 3.8) is 0 Å². The fraction of sp³-hybridized carbons (Fsp3) is 0.857. The second kappa shape index (κ2) is 4.67. The summed E-state index contributed by atoms with van der Waals surface area (Å²) in [7, 11) is 1.38. The second-order valence-electron chi connectivity index (χ2n) is 3.07. The monoisotopic (exact) mass is 205 g/mol. The Bertz CT molecular complexity index is 211. The molecule has 0 saturated carbocycles. The molecule has 82 valence electrons. The number of nitrogens with one attached hydrogen (secondary N) is 2. The molecular formula is C7H15N3O4. The average molecular weight is 205 g/mol. The molecular weight excluding hydrogens is 190 g/mol. The van der Waals surface area contributed by atoms with Crippen molar-refractivity contribution in [2.75, 3.05) is 7.11 Å². The van der Waals surface area contributed by atoms with E-state index in [0.717, 1.165) is 0 Å². The molecule has 0 bridgehead atoms. The molecule has 0 aliphatic carbocycles. The predicted octanol–water partition coefficient (Wildman–Crippen LogP) is -2.27. The first-order valence-corrected chi connectivity index (χ1v) is 4.20. The molecule has 1 rings (SSSR count). The van der Waals surface area contributed by atoms with Crippen molar-refractivity contribution in [2.45, 2.75) is 25.7 Å². The van der Waals surface area contributed by atoms with E-state index in [1.807, 2.05) is 0 Å². The summed E-state index contributed by atoms with van der Waals surface area (Å²) in [6.45, 7) is 1.61. The normalized spacial score (nSPS) is 39.6. The smallest absolute Gasteiger partial charge is 0.164 e. The van der Waals surface area contributed by atoms with E-state index in [-0.39, 0.29) is 0 Å². The highest BCUT2D eigenvalue weighted by Gasteiger charge is 2.36. The third kappa shape index (κ3) is 2.40. The molecule has 2 atom stereocenters. The molecule has 0 amide bonds. The molecule has 7 heteroatoms. The van der Waals surface area contributed by atoms with E-state index in [1.165, 1.54) is 7.11 Å². The molecule has 1 saturated heterocycles. The van der Waals surface area contributed by atoms with Crippen molar-refractivity contribution in [3.05, 3.63) is 0 Å². The number of hydrogen-bond acceptors (Lipinski definition) is 7. The highest BCUT2D eigenvalue weighted by Crippen LogP contribution is 2.13. The van der Waals surface area contributed by atoms with Gasteiger partial charge in [0.25, 0.3) is 0 Å². The minimum Gasteiger partial charge on any atom is -0.399 e. The minimum absolute atomic E-state index is 0.430. The standard InChI is InChI=1S/C7H15N3O4/c1-3(10-14-2)4-5(11)8-7(13)9-6(4)12/h4-9,11-13H,1-2H3. The van der Waals surface area contributed by atoms with Gasteiger partial charge in [-0.1, -0.05) is 5.16 Å². The lowest BCUT2D eigenvalue weighted by Gasteiger charge is -2.36. The van der Waals surface area contributed by atoms with E-state index >= 15 is 0 Å². The topological polar surface area (TPSA) is 106 Å². The Morgan fingerprint density at radius 1 is 1.21 bits per heavy atom. The van der Waals surface area contributed by atoms with Crippen LogP contribution in [0.15, 0.2) is 5.16 Å². The first-order chi connectivity index (χ1) is 6.56. The van der Waals surface area contributed by atoms with Crippen molar-refractivity contribution in [2.24, 2.45) is 11.1 Å². The van der Waals surface area contributed by atoms with Crippen molar-refractivity contribution in [1.82, 2.24) is 10.6 Å². The quantitative estimate of drug-likeness (QED) is 0.257. The number of aliphatic hydroxyl groups is 3. The van der Waals surface area contributed by atoms with Gasteiger partial charge < -0.3 is 20.2 Å². The Morgan fingerprint density at radius 2 is 1.71 bits per heavy atom. The molecule has 1 aliphatic heterocycles. The third-order valence-electron chi connectivity index (χ3n) is 2.06. The molecule has 0 aromatic rings. The Kier molecular flexibility index (Phi) is 3.78. The first kappa shape index (κ1) is 11.3. The Hall–Kier alpha value is -0.730. The van der Waals surface area contributed by atoms with Crippen molar-refractivity contribution >= 4 is 5.71 Å².